The molecule has 0 atom stereocenters. The third kappa shape index (κ3) is 6.13. The molecule has 33 heavy (non-hydrogen) atoms. The zero-order valence-corrected chi connectivity index (χ0v) is 18.8. The van der Waals surface area contributed by atoms with Crippen molar-refractivity contribution in [2.75, 3.05) is 18.2 Å². The zero-order valence-electron chi connectivity index (χ0n) is 17.9. The number of anilines is 1. The van der Waals surface area contributed by atoms with Crippen molar-refractivity contribution < 1.29 is 35.9 Å². The van der Waals surface area contributed by atoms with E-state index in [9.17, 15) is 31.2 Å². The standard InChI is InChI=1S/C23H24F3NO5S/c1-32-22(29)19-14-16(15-5-4-6-17(13-15)23(24,25)26)9-10-20(19)27-21(28)11-12-33(30,31)18-7-2-3-8-18/h4-6,9-10,13-14,18H,2-3,7-8,11-12H2,1H3,(H,27,28). The Balaban J connectivity index is 1.80. The summed E-state index contributed by atoms with van der Waals surface area (Å²) in [5, 5.41) is 2.10. The van der Waals surface area contributed by atoms with Gasteiger partial charge in [0.2, 0.25) is 5.91 Å². The highest BCUT2D eigenvalue weighted by molar-refractivity contribution is 7.92. The van der Waals surface area contributed by atoms with E-state index < -0.39 is 38.7 Å². The van der Waals surface area contributed by atoms with E-state index in [1.165, 1.54) is 30.3 Å². The fraction of sp³-hybridized carbons (Fsp3) is 0.391. The number of alkyl halides is 3. The minimum Gasteiger partial charge on any atom is -0.465 e. The maximum atomic E-state index is 13.0. The topological polar surface area (TPSA) is 89.5 Å². The first kappa shape index (κ1) is 24.8. The van der Waals surface area contributed by atoms with Crippen molar-refractivity contribution in [1.29, 1.82) is 0 Å². The zero-order chi connectivity index (χ0) is 24.2. The summed E-state index contributed by atoms with van der Waals surface area (Å²) in [4.78, 5) is 24.7. The van der Waals surface area contributed by atoms with Crippen molar-refractivity contribution in [3.63, 3.8) is 0 Å². The first-order chi connectivity index (χ1) is 15.5. The van der Waals surface area contributed by atoms with E-state index in [0.29, 0.717) is 18.4 Å². The van der Waals surface area contributed by atoms with Gasteiger partial charge in [-0.1, -0.05) is 31.0 Å². The van der Waals surface area contributed by atoms with Crippen LogP contribution in [0.25, 0.3) is 11.1 Å². The molecule has 0 unspecified atom stereocenters. The summed E-state index contributed by atoms with van der Waals surface area (Å²) in [6.45, 7) is 0. The number of benzene rings is 2. The molecule has 178 valence electrons. The van der Waals surface area contributed by atoms with Gasteiger partial charge in [-0.2, -0.15) is 13.2 Å². The third-order valence-corrected chi connectivity index (χ3v) is 7.91. The van der Waals surface area contributed by atoms with Crippen molar-refractivity contribution in [3.05, 3.63) is 53.6 Å². The summed E-state index contributed by atoms with van der Waals surface area (Å²) in [5.74, 6) is -1.68. The molecule has 2 aromatic carbocycles. The van der Waals surface area contributed by atoms with E-state index in [2.05, 4.69) is 5.32 Å². The van der Waals surface area contributed by atoms with E-state index in [-0.39, 0.29) is 29.0 Å². The lowest BCUT2D eigenvalue weighted by molar-refractivity contribution is -0.137. The van der Waals surface area contributed by atoms with Gasteiger partial charge in [0, 0.05) is 6.42 Å². The highest BCUT2D eigenvalue weighted by Gasteiger charge is 2.31. The number of hydrogen-bond donors (Lipinski definition) is 1. The Hall–Kier alpha value is -2.88. The highest BCUT2D eigenvalue weighted by atomic mass is 32.2. The second kappa shape index (κ2) is 9.94. The molecule has 0 spiro atoms. The van der Waals surface area contributed by atoms with E-state index in [1.54, 1.807) is 0 Å². The smallest absolute Gasteiger partial charge is 0.416 e. The van der Waals surface area contributed by atoms with Crippen LogP contribution < -0.4 is 5.32 Å². The predicted molar refractivity (Wildman–Crippen MR) is 118 cm³/mol. The molecule has 0 bridgehead atoms. The van der Waals surface area contributed by atoms with E-state index in [1.807, 2.05) is 0 Å². The number of hydrogen-bond acceptors (Lipinski definition) is 5. The van der Waals surface area contributed by atoms with E-state index >= 15 is 0 Å². The van der Waals surface area contributed by atoms with Crippen LogP contribution in [-0.4, -0.2) is 38.4 Å². The van der Waals surface area contributed by atoms with Gasteiger partial charge in [-0.25, -0.2) is 13.2 Å². The lowest BCUT2D eigenvalue weighted by Crippen LogP contribution is -2.25. The minimum absolute atomic E-state index is 0.0561. The van der Waals surface area contributed by atoms with Gasteiger partial charge in [-0.15, -0.1) is 0 Å². The van der Waals surface area contributed by atoms with Crippen LogP contribution in [0.1, 0.15) is 48.0 Å². The van der Waals surface area contributed by atoms with Gasteiger partial charge in [0.15, 0.2) is 9.84 Å². The number of carbonyl (C=O) groups excluding carboxylic acids is 2. The Morgan fingerprint density at radius 3 is 2.36 bits per heavy atom. The molecule has 0 heterocycles. The molecule has 1 N–H and O–H groups in total. The van der Waals surface area contributed by atoms with Crippen LogP contribution >= 0.6 is 0 Å². The summed E-state index contributed by atoms with van der Waals surface area (Å²) in [5.41, 5.74) is -0.250. The number of rotatable bonds is 7. The molecular weight excluding hydrogens is 459 g/mol. The Kier molecular flexibility index (Phi) is 7.46. The Bertz CT molecular complexity index is 1140. The highest BCUT2D eigenvalue weighted by Crippen LogP contribution is 2.33. The monoisotopic (exact) mass is 483 g/mol. The minimum atomic E-state index is -4.52. The quantitative estimate of drug-likeness (QED) is 0.569. The predicted octanol–water partition coefficient (Wildman–Crippen LogP) is 4.85. The molecule has 2 aromatic rings. The van der Waals surface area contributed by atoms with Gasteiger partial charge in [-0.05, 0) is 48.2 Å². The van der Waals surface area contributed by atoms with Crippen LogP contribution in [0.15, 0.2) is 42.5 Å². The van der Waals surface area contributed by atoms with Crippen molar-refractivity contribution in [1.82, 2.24) is 0 Å². The molecule has 0 radical (unpaired) electrons. The first-order valence-corrected chi connectivity index (χ1v) is 12.1. The number of ether oxygens (including phenoxy) is 1. The molecule has 1 aliphatic carbocycles. The maximum absolute atomic E-state index is 13.0. The average Bonchev–Trinajstić information content (AvgIpc) is 3.33. The van der Waals surface area contributed by atoms with Crippen LogP contribution in [0.4, 0.5) is 18.9 Å². The van der Waals surface area contributed by atoms with Crippen molar-refractivity contribution >= 4 is 27.4 Å². The summed E-state index contributed by atoms with van der Waals surface area (Å²) in [6, 6.07) is 8.81. The molecule has 1 saturated carbocycles. The molecular formula is C23H24F3NO5S. The average molecular weight is 484 g/mol. The van der Waals surface area contributed by atoms with E-state index in [4.69, 9.17) is 4.74 Å². The molecule has 0 saturated heterocycles. The van der Waals surface area contributed by atoms with Crippen LogP contribution in [-0.2, 0) is 25.5 Å². The van der Waals surface area contributed by atoms with Crippen molar-refractivity contribution in [2.24, 2.45) is 0 Å². The van der Waals surface area contributed by atoms with Crippen molar-refractivity contribution in [3.8, 4) is 11.1 Å². The Morgan fingerprint density at radius 1 is 1.06 bits per heavy atom. The number of amides is 1. The van der Waals surface area contributed by atoms with E-state index in [0.717, 1.165) is 32.1 Å². The van der Waals surface area contributed by atoms with Crippen molar-refractivity contribution in [2.45, 2.75) is 43.5 Å². The van der Waals surface area contributed by atoms with Crippen LogP contribution in [0.2, 0.25) is 0 Å². The van der Waals surface area contributed by atoms with Gasteiger partial charge in [0.1, 0.15) is 0 Å². The molecule has 1 fully saturated rings. The van der Waals surface area contributed by atoms with Crippen LogP contribution in [0.3, 0.4) is 0 Å². The number of nitrogens with one attached hydrogen (secondary N) is 1. The lowest BCUT2D eigenvalue weighted by atomic mass is 9.99. The van der Waals surface area contributed by atoms with Gasteiger partial charge < -0.3 is 10.1 Å². The summed E-state index contributed by atoms with van der Waals surface area (Å²) < 4.78 is 68.6. The van der Waals surface area contributed by atoms with Crippen LogP contribution in [0.5, 0.6) is 0 Å². The van der Waals surface area contributed by atoms with Gasteiger partial charge in [0.25, 0.3) is 0 Å². The first-order valence-electron chi connectivity index (χ1n) is 10.4. The SMILES string of the molecule is COC(=O)c1cc(-c2cccc(C(F)(F)F)c2)ccc1NC(=O)CCS(=O)(=O)C1CCCC1. The second-order valence-corrected chi connectivity index (χ2v) is 10.3. The summed E-state index contributed by atoms with van der Waals surface area (Å²) >= 11 is 0. The number of halogens is 3. The third-order valence-electron chi connectivity index (χ3n) is 5.65. The summed E-state index contributed by atoms with van der Waals surface area (Å²) in [7, 11) is -2.24. The molecule has 6 nitrogen and oxygen atoms in total. The largest absolute Gasteiger partial charge is 0.465 e. The number of esters is 1. The van der Waals surface area contributed by atoms with Gasteiger partial charge in [0.05, 0.1) is 34.9 Å². The van der Waals surface area contributed by atoms with Gasteiger partial charge >= 0.3 is 12.1 Å². The molecule has 1 aliphatic rings. The molecule has 1 amide bonds. The molecule has 0 aromatic heterocycles. The van der Waals surface area contributed by atoms with Gasteiger partial charge in [-0.3, -0.25) is 4.79 Å². The second-order valence-electron chi connectivity index (χ2n) is 7.90. The fourth-order valence-electron chi connectivity index (χ4n) is 3.85. The Morgan fingerprint density at radius 2 is 1.73 bits per heavy atom. The number of methoxy groups -OCH3 is 1. The molecule has 0 aliphatic heterocycles. The Labute approximate surface area is 190 Å². The normalized spacial score (nSPS) is 14.8. The summed E-state index contributed by atoms with van der Waals surface area (Å²) in [6.07, 6.45) is -1.86. The lowest BCUT2D eigenvalue weighted by Gasteiger charge is -2.14. The molecule has 10 heteroatoms. The maximum Gasteiger partial charge on any atom is 0.416 e. The molecule has 3 rings (SSSR count). The number of carbonyl (C=O) groups is 2. The fourth-order valence-corrected chi connectivity index (χ4v) is 5.70. The van der Waals surface area contributed by atoms with Crippen LogP contribution in [0, 0.1) is 0 Å². The number of sulfone groups is 1.